The maximum atomic E-state index is 11.4. The maximum absolute atomic E-state index is 11.4. The van der Waals surface area contributed by atoms with E-state index in [2.05, 4.69) is 29.6 Å². The van der Waals surface area contributed by atoms with Gasteiger partial charge in [-0.1, -0.05) is 60.7 Å². The second-order valence-electron chi connectivity index (χ2n) is 5.48. The molecule has 0 aliphatic rings. The van der Waals surface area contributed by atoms with Crippen LogP contribution < -0.4 is 5.32 Å². The summed E-state index contributed by atoms with van der Waals surface area (Å²) in [6, 6.07) is 20.4. The van der Waals surface area contributed by atoms with Crippen molar-refractivity contribution in [3.05, 3.63) is 71.8 Å². The molecule has 23 heavy (non-hydrogen) atoms. The summed E-state index contributed by atoms with van der Waals surface area (Å²) in [5.74, 6) is 0.00942. The van der Waals surface area contributed by atoms with Crippen LogP contribution in [0, 0.1) is 0 Å². The van der Waals surface area contributed by atoms with Crippen LogP contribution in [0.3, 0.4) is 0 Å². The third-order valence-corrected chi connectivity index (χ3v) is 3.65. The van der Waals surface area contributed by atoms with E-state index in [9.17, 15) is 4.79 Å². The van der Waals surface area contributed by atoms with E-state index in [-0.39, 0.29) is 12.0 Å². The third kappa shape index (κ3) is 5.51. The second-order valence-corrected chi connectivity index (χ2v) is 5.48. The van der Waals surface area contributed by atoms with Crippen LogP contribution in [0.2, 0.25) is 0 Å². The van der Waals surface area contributed by atoms with Crippen LogP contribution in [-0.2, 0) is 9.53 Å². The lowest BCUT2D eigenvalue weighted by atomic mass is 10.0. The Morgan fingerprint density at radius 1 is 1.04 bits per heavy atom. The highest BCUT2D eigenvalue weighted by Crippen LogP contribution is 2.25. The SMILES string of the molecule is CNC(=O)CN(C)CCOC(c1ccccc1)c1ccccc1. The molecule has 2 aromatic carbocycles. The molecule has 1 amide bonds. The molecule has 2 aromatic rings. The van der Waals surface area contributed by atoms with Crippen LogP contribution in [0.15, 0.2) is 60.7 Å². The van der Waals surface area contributed by atoms with Gasteiger partial charge in [-0.25, -0.2) is 0 Å². The molecule has 0 aliphatic heterocycles. The van der Waals surface area contributed by atoms with Crippen molar-refractivity contribution < 1.29 is 9.53 Å². The fourth-order valence-corrected chi connectivity index (χ4v) is 2.37. The minimum atomic E-state index is -0.0919. The van der Waals surface area contributed by atoms with Gasteiger partial charge in [-0.2, -0.15) is 0 Å². The van der Waals surface area contributed by atoms with Gasteiger partial charge in [-0.05, 0) is 18.2 Å². The quantitative estimate of drug-likeness (QED) is 0.814. The number of nitrogens with one attached hydrogen (secondary N) is 1. The molecule has 0 spiro atoms. The number of carbonyl (C=O) groups is 1. The van der Waals surface area contributed by atoms with E-state index in [1.165, 1.54) is 0 Å². The first-order valence-corrected chi connectivity index (χ1v) is 7.81. The highest BCUT2D eigenvalue weighted by atomic mass is 16.5. The number of amides is 1. The predicted molar refractivity (Wildman–Crippen MR) is 92.2 cm³/mol. The zero-order valence-corrected chi connectivity index (χ0v) is 13.7. The van der Waals surface area contributed by atoms with Crippen molar-refractivity contribution in [3.63, 3.8) is 0 Å². The van der Waals surface area contributed by atoms with Crippen LogP contribution in [0.25, 0.3) is 0 Å². The van der Waals surface area contributed by atoms with Crippen molar-refractivity contribution in [1.82, 2.24) is 10.2 Å². The maximum Gasteiger partial charge on any atom is 0.233 e. The molecule has 0 aromatic heterocycles. The van der Waals surface area contributed by atoms with Crippen molar-refractivity contribution in [2.24, 2.45) is 0 Å². The fraction of sp³-hybridized carbons (Fsp3) is 0.316. The van der Waals surface area contributed by atoms with E-state index in [1.54, 1.807) is 7.05 Å². The molecular weight excluding hydrogens is 288 g/mol. The molecule has 0 saturated heterocycles. The van der Waals surface area contributed by atoms with Crippen LogP contribution in [0.5, 0.6) is 0 Å². The standard InChI is InChI=1S/C19H24N2O2/c1-20-18(22)15-21(2)13-14-23-19(16-9-5-3-6-10-16)17-11-7-4-8-12-17/h3-12,19H,13-15H2,1-2H3,(H,20,22). The molecule has 0 unspecified atom stereocenters. The molecule has 4 nitrogen and oxygen atoms in total. The lowest BCUT2D eigenvalue weighted by Crippen LogP contribution is -2.35. The summed E-state index contributed by atoms with van der Waals surface area (Å²) in [4.78, 5) is 13.3. The van der Waals surface area contributed by atoms with Crippen LogP contribution in [0.4, 0.5) is 0 Å². The summed E-state index contributed by atoms with van der Waals surface area (Å²) in [6.07, 6.45) is -0.0919. The molecule has 0 bridgehead atoms. The molecule has 0 aliphatic carbocycles. The van der Waals surface area contributed by atoms with E-state index in [0.29, 0.717) is 19.7 Å². The van der Waals surface area contributed by atoms with Crippen LogP contribution in [0.1, 0.15) is 17.2 Å². The van der Waals surface area contributed by atoms with Gasteiger partial charge in [-0.3, -0.25) is 9.69 Å². The Morgan fingerprint density at radius 2 is 1.57 bits per heavy atom. The van der Waals surface area contributed by atoms with E-state index in [1.807, 2.05) is 48.3 Å². The Bertz CT molecular complexity index is 547. The summed E-state index contributed by atoms with van der Waals surface area (Å²) in [5, 5.41) is 2.63. The number of likely N-dealkylation sites (N-methyl/N-ethyl adjacent to an activating group) is 2. The minimum Gasteiger partial charge on any atom is -0.367 e. The van der Waals surface area contributed by atoms with Gasteiger partial charge in [0.1, 0.15) is 6.10 Å². The summed E-state index contributed by atoms with van der Waals surface area (Å²) in [7, 11) is 3.56. The number of ether oxygens (including phenoxy) is 1. The Kier molecular flexibility index (Phi) is 6.78. The molecular formula is C19H24N2O2. The Morgan fingerprint density at radius 3 is 2.04 bits per heavy atom. The van der Waals surface area contributed by atoms with Gasteiger partial charge < -0.3 is 10.1 Å². The Hall–Kier alpha value is -2.17. The molecule has 0 radical (unpaired) electrons. The monoisotopic (exact) mass is 312 g/mol. The highest BCUT2D eigenvalue weighted by molar-refractivity contribution is 5.77. The molecule has 2 rings (SSSR count). The van der Waals surface area contributed by atoms with Gasteiger partial charge in [0, 0.05) is 13.6 Å². The Balaban J connectivity index is 1.98. The second kappa shape index (κ2) is 9.08. The number of hydrogen-bond acceptors (Lipinski definition) is 3. The summed E-state index contributed by atoms with van der Waals surface area (Å²) >= 11 is 0. The zero-order chi connectivity index (χ0) is 16.5. The first-order valence-electron chi connectivity index (χ1n) is 7.81. The van der Waals surface area contributed by atoms with Gasteiger partial charge in [0.2, 0.25) is 5.91 Å². The largest absolute Gasteiger partial charge is 0.367 e. The fourth-order valence-electron chi connectivity index (χ4n) is 2.37. The number of benzene rings is 2. The average Bonchev–Trinajstić information content (AvgIpc) is 2.60. The normalized spacial score (nSPS) is 11.0. The molecule has 0 atom stereocenters. The van der Waals surface area contributed by atoms with E-state index in [4.69, 9.17) is 4.74 Å². The average molecular weight is 312 g/mol. The number of nitrogens with zero attached hydrogens (tertiary/aromatic N) is 1. The minimum absolute atomic E-state index is 0.00942. The lowest BCUT2D eigenvalue weighted by Gasteiger charge is -2.21. The molecule has 0 heterocycles. The van der Waals surface area contributed by atoms with Crippen LogP contribution in [-0.4, -0.2) is 44.6 Å². The molecule has 0 saturated carbocycles. The van der Waals surface area contributed by atoms with Crippen molar-refractivity contribution >= 4 is 5.91 Å². The number of hydrogen-bond donors (Lipinski definition) is 1. The summed E-state index contributed by atoms with van der Waals surface area (Å²) in [5.41, 5.74) is 2.26. The smallest absolute Gasteiger partial charge is 0.233 e. The molecule has 122 valence electrons. The zero-order valence-electron chi connectivity index (χ0n) is 13.7. The van der Waals surface area contributed by atoms with Crippen molar-refractivity contribution in [2.75, 3.05) is 33.8 Å². The lowest BCUT2D eigenvalue weighted by molar-refractivity contribution is -0.121. The van der Waals surface area contributed by atoms with Crippen molar-refractivity contribution in [3.8, 4) is 0 Å². The van der Waals surface area contributed by atoms with E-state index < -0.39 is 0 Å². The highest BCUT2D eigenvalue weighted by Gasteiger charge is 2.14. The summed E-state index contributed by atoms with van der Waals surface area (Å²) < 4.78 is 6.13. The third-order valence-electron chi connectivity index (χ3n) is 3.65. The number of carbonyl (C=O) groups excluding carboxylic acids is 1. The first-order chi connectivity index (χ1) is 11.2. The number of rotatable bonds is 8. The van der Waals surface area contributed by atoms with Crippen molar-refractivity contribution in [1.29, 1.82) is 0 Å². The predicted octanol–water partition coefficient (Wildman–Crippen LogP) is 2.47. The molecule has 0 fully saturated rings. The van der Waals surface area contributed by atoms with Gasteiger partial charge in [0.15, 0.2) is 0 Å². The van der Waals surface area contributed by atoms with Gasteiger partial charge in [0.25, 0.3) is 0 Å². The molecule has 4 heteroatoms. The summed E-state index contributed by atoms with van der Waals surface area (Å²) in [6.45, 7) is 1.63. The van der Waals surface area contributed by atoms with Gasteiger partial charge in [0.05, 0.1) is 13.2 Å². The topological polar surface area (TPSA) is 41.6 Å². The Labute approximate surface area is 138 Å². The van der Waals surface area contributed by atoms with Gasteiger partial charge >= 0.3 is 0 Å². The first kappa shape index (κ1) is 17.2. The molecule has 1 N–H and O–H groups in total. The van der Waals surface area contributed by atoms with Gasteiger partial charge in [-0.15, -0.1) is 0 Å². The van der Waals surface area contributed by atoms with E-state index >= 15 is 0 Å². The van der Waals surface area contributed by atoms with E-state index in [0.717, 1.165) is 11.1 Å². The van der Waals surface area contributed by atoms with Crippen molar-refractivity contribution in [2.45, 2.75) is 6.10 Å². The van der Waals surface area contributed by atoms with Crippen LogP contribution >= 0.6 is 0 Å².